The maximum absolute atomic E-state index is 12.2. The van der Waals surface area contributed by atoms with Crippen LogP contribution in [0.4, 0.5) is 4.79 Å². The molecule has 2 heterocycles. The van der Waals surface area contributed by atoms with Gasteiger partial charge in [-0.05, 0) is 6.92 Å². The predicted molar refractivity (Wildman–Crippen MR) is 71.4 cm³/mol. The van der Waals surface area contributed by atoms with E-state index < -0.39 is 17.9 Å². The molecule has 2 atom stereocenters. The Balaban J connectivity index is 1.98. The van der Waals surface area contributed by atoms with Crippen LogP contribution in [0.1, 0.15) is 12.7 Å². The topological polar surface area (TPSA) is 110 Å². The number of hydrogen-bond donors (Lipinski definition) is 2. The van der Waals surface area contributed by atoms with Crippen LogP contribution in [0.5, 0.6) is 0 Å². The van der Waals surface area contributed by atoms with Gasteiger partial charge in [-0.25, -0.2) is 4.79 Å². The van der Waals surface area contributed by atoms with Gasteiger partial charge in [0.05, 0.1) is 25.8 Å². The highest BCUT2D eigenvalue weighted by atomic mass is 16.5. The number of likely N-dealkylation sites (N-methyl/N-ethyl adjacent to an activating group) is 1. The summed E-state index contributed by atoms with van der Waals surface area (Å²) < 4.78 is 6.91. The fraction of sp³-hybridized carbons (Fsp3) is 0.667. The number of carboxylic acids is 1. The molecule has 2 amide bonds. The third-order valence-electron chi connectivity index (χ3n) is 3.57. The number of amides is 2. The van der Waals surface area contributed by atoms with Crippen molar-refractivity contribution in [1.82, 2.24) is 25.0 Å². The summed E-state index contributed by atoms with van der Waals surface area (Å²) in [6.07, 6.45) is 1.55. The number of rotatable bonds is 5. The fourth-order valence-electron chi connectivity index (χ4n) is 2.34. The zero-order valence-corrected chi connectivity index (χ0v) is 12.0. The number of aliphatic carboxylic acids is 1. The molecular formula is C12H19N5O4. The Bertz CT molecular complexity index is 518. The Labute approximate surface area is 121 Å². The van der Waals surface area contributed by atoms with Gasteiger partial charge in [0.15, 0.2) is 5.82 Å². The minimum Gasteiger partial charge on any atom is -0.481 e. The van der Waals surface area contributed by atoms with Crippen LogP contribution < -0.4 is 5.32 Å². The van der Waals surface area contributed by atoms with E-state index in [1.165, 1.54) is 4.90 Å². The van der Waals surface area contributed by atoms with Crippen molar-refractivity contribution < 1.29 is 19.4 Å². The Hall–Kier alpha value is -2.16. The number of aryl methyl sites for hydroxylation is 1. The van der Waals surface area contributed by atoms with E-state index in [0.29, 0.717) is 12.4 Å². The third kappa shape index (κ3) is 3.30. The van der Waals surface area contributed by atoms with Crippen molar-refractivity contribution in [3.8, 4) is 0 Å². The van der Waals surface area contributed by atoms with Crippen molar-refractivity contribution in [2.45, 2.75) is 19.5 Å². The van der Waals surface area contributed by atoms with Gasteiger partial charge in [-0.15, -0.1) is 10.2 Å². The van der Waals surface area contributed by atoms with Crippen molar-refractivity contribution in [1.29, 1.82) is 0 Å². The number of nitrogens with one attached hydrogen (secondary N) is 1. The van der Waals surface area contributed by atoms with Gasteiger partial charge in [0.2, 0.25) is 0 Å². The lowest BCUT2D eigenvalue weighted by Crippen LogP contribution is -2.50. The van der Waals surface area contributed by atoms with Gasteiger partial charge in [-0.1, -0.05) is 0 Å². The monoisotopic (exact) mass is 297 g/mol. The number of nitrogens with zero attached hydrogens (tertiary/aromatic N) is 4. The molecule has 116 valence electrons. The molecule has 2 N–H and O–H groups in total. The highest BCUT2D eigenvalue weighted by Gasteiger charge is 2.39. The van der Waals surface area contributed by atoms with Crippen molar-refractivity contribution in [3.05, 3.63) is 12.2 Å². The Morgan fingerprint density at radius 3 is 2.90 bits per heavy atom. The third-order valence-corrected chi connectivity index (χ3v) is 3.57. The van der Waals surface area contributed by atoms with Crippen molar-refractivity contribution in [2.75, 3.05) is 19.8 Å². The molecule has 0 bridgehead atoms. The molecule has 1 aromatic heterocycles. The second-order valence-electron chi connectivity index (χ2n) is 4.85. The molecule has 0 spiro atoms. The Morgan fingerprint density at radius 2 is 2.33 bits per heavy atom. The van der Waals surface area contributed by atoms with Gasteiger partial charge >= 0.3 is 12.0 Å². The lowest BCUT2D eigenvalue weighted by atomic mass is 10.0. The molecule has 0 aliphatic carbocycles. The lowest BCUT2D eigenvalue weighted by molar-refractivity contribution is -0.142. The molecule has 1 saturated heterocycles. The first kappa shape index (κ1) is 15.2. The SMILES string of the molecule is CCN(C(=O)NCc1nncn1C)C1COCC1C(=O)O. The molecule has 1 fully saturated rings. The van der Waals surface area contributed by atoms with Crippen LogP contribution in [-0.2, 0) is 23.1 Å². The average molecular weight is 297 g/mol. The Morgan fingerprint density at radius 1 is 1.57 bits per heavy atom. The summed E-state index contributed by atoms with van der Waals surface area (Å²) in [5, 5.41) is 19.5. The summed E-state index contributed by atoms with van der Waals surface area (Å²) >= 11 is 0. The van der Waals surface area contributed by atoms with Gasteiger partial charge in [0.25, 0.3) is 0 Å². The number of hydrogen-bond acceptors (Lipinski definition) is 5. The van der Waals surface area contributed by atoms with Gasteiger partial charge in [-0.2, -0.15) is 0 Å². The summed E-state index contributed by atoms with van der Waals surface area (Å²) in [4.78, 5) is 24.9. The van der Waals surface area contributed by atoms with Crippen LogP contribution in [0.25, 0.3) is 0 Å². The number of carboxylic acid groups (broad SMARTS) is 1. The first-order valence-electron chi connectivity index (χ1n) is 6.72. The quantitative estimate of drug-likeness (QED) is 0.754. The molecule has 9 heteroatoms. The molecular weight excluding hydrogens is 278 g/mol. The van der Waals surface area contributed by atoms with Gasteiger partial charge < -0.3 is 24.6 Å². The highest BCUT2D eigenvalue weighted by Crippen LogP contribution is 2.20. The molecule has 1 aliphatic rings. The predicted octanol–water partition coefficient (Wildman–Crippen LogP) is -0.554. The van der Waals surface area contributed by atoms with Crippen LogP contribution in [0, 0.1) is 5.92 Å². The Kier molecular flexibility index (Phi) is 4.73. The lowest BCUT2D eigenvalue weighted by Gasteiger charge is -2.29. The maximum atomic E-state index is 12.2. The van der Waals surface area contributed by atoms with E-state index in [4.69, 9.17) is 9.84 Å². The number of carbonyl (C=O) groups is 2. The molecule has 0 radical (unpaired) electrons. The maximum Gasteiger partial charge on any atom is 0.318 e. The summed E-state index contributed by atoms with van der Waals surface area (Å²) in [6.45, 7) is 2.81. The summed E-state index contributed by atoms with van der Waals surface area (Å²) in [5.41, 5.74) is 0. The van der Waals surface area contributed by atoms with Crippen LogP contribution in [0.3, 0.4) is 0 Å². The minimum absolute atomic E-state index is 0.132. The van der Waals surface area contributed by atoms with Crippen LogP contribution in [0.15, 0.2) is 6.33 Å². The average Bonchev–Trinajstić information content (AvgIpc) is 3.06. The fourth-order valence-corrected chi connectivity index (χ4v) is 2.34. The summed E-state index contributed by atoms with van der Waals surface area (Å²) in [5.74, 6) is -1.01. The second kappa shape index (κ2) is 6.53. The van der Waals surface area contributed by atoms with Crippen LogP contribution in [-0.4, -0.2) is 62.6 Å². The van der Waals surface area contributed by atoms with E-state index in [1.807, 2.05) is 0 Å². The molecule has 21 heavy (non-hydrogen) atoms. The highest BCUT2D eigenvalue weighted by molar-refractivity contribution is 5.77. The van der Waals surface area contributed by atoms with Crippen LogP contribution >= 0.6 is 0 Å². The van der Waals surface area contributed by atoms with Crippen LogP contribution in [0.2, 0.25) is 0 Å². The second-order valence-corrected chi connectivity index (χ2v) is 4.85. The van der Waals surface area contributed by atoms with E-state index in [2.05, 4.69) is 15.5 Å². The number of ether oxygens (including phenoxy) is 1. The largest absolute Gasteiger partial charge is 0.481 e. The first-order chi connectivity index (χ1) is 10.0. The molecule has 0 aromatic carbocycles. The van der Waals surface area contributed by atoms with Crippen molar-refractivity contribution in [2.24, 2.45) is 13.0 Å². The smallest absolute Gasteiger partial charge is 0.318 e. The molecule has 9 nitrogen and oxygen atoms in total. The van der Waals surface area contributed by atoms with Crippen molar-refractivity contribution in [3.63, 3.8) is 0 Å². The minimum atomic E-state index is -0.947. The van der Waals surface area contributed by atoms with E-state index in [9.17, 15) is 9.59 Å². The number of carbonyl (C=O) groups excluding carboxylic acids is 1. The molecule has 1 aromatic rings. The number of urea groups is 1. The molecule has 0 saturated carbocycles. The van der Waals surface area contributed by atoms with Gasteiger partial charge in [0.1, 0.15) is 12.2 Å². The van der Waals surface area contributed by atoms with E-state index in [0.717, 1.165) is 0 Å². The molecule has 2 unspecified atom stereocenters. The van der Waals surface area contributed by atoms with E-state index in [-0.39, 0.29) is 25.8 Å². The van der Waals surface area contributed by atoms with Gasteiger partial charge in [-0.3, -0.25) is 4.79 Å². The van der Waals surface area contributed by atoms with E-state index >= 15 is 0 Å². The summed E-state index contributed by atoms with van der Waals surface area (Å²) in [6, 6.07) is -0.783. The number of aromatic nitrogens is 3. The molecule has 2 rings (SSSR count). The molecule has 1 aliphatic heterocycles. The normalized spacial score (nSPS) is 21.2. The first-order valence-corrected chi connectivity index (χ1v) is 6.72. The van der Waals surface area contributed by atoms with Crippen molar-refractivity contribution >= 4 is 12.0 Å². The van der Waals surface area contributed by atoms with E-state index in [1.54, 1.807) is 24.9 Å². The van der Waals surface area contributed by atoms with Gasteiger partial charge in [0, 0.05) is 13.6 Å². The standard InChI is InChI=1S/C12H19N5O4/c1-3-17(9-6-21-5-8(9)11(18)19)12(20)13-4-10-15-14-7-16(10)2/h7-9H,3-6H2,1-2H3,(H,13,20)(H,18,19). The zero-order valence-electron chi connectivity index (χ0n) is 12.0. The zero-order chi connectivity index (χ0) is 15.4. The summed E-state index contributed by atoms with van der Waals surface area (Å²) in [7, 11) is 1.78.